The summed E-state index contributed by atoms with van der Waals surface area (Å²) in [5.41, 5.74) is 13.1. The maximum atomic E-state index is 15.3. The van der Waals surface area contributed by atoms with Gasteiger partial charge in [-0.2, -0.15) is 0 Å². The number of carbonyl (C=O) groups excluding carboxylic acids is 2. The third-order valence-corrected chi connectivity index (χ3v) is 10.7. The molecule has 10 heteroatoms. The van der Waals surface area contributed by atoms with Gasteiger partial charge in [-0.25, -0.2) is 9.37 Å². The van der Waals surface area contributed by atoms with Crippen LogP contribution in [-0.2, 0) is 24.8 Å². The first-order valence-electron chi connectivity index (χ1n) is 16.1. The molecule has 3 N–H and O–H groups in total. The second-order valence-electron chi connectivity index (χ2n) is 13.6. The number of ether oxygens (including phenoxy) is 1. The van der Waals surface area contributed by atoms with E-state index < -0.39 is 0 Å². The number of imidazole rings is 1. The maximum absolute atomic E-state index is 15.3. The van der Waals surface area contributed by atoms with Crippen LogP contribution in [0, 0.1) is 17.7 Å². The standard InChI is InChI=1S/C36H35FN6O3/c1-41-34-27(10-23(13-31(34)46-2)36(45)43-17-21-7-8-28(43)33(21)38)40-35(41)30-12-20-6-5-19(11-29(20)42(30)16-18-3-4-18)24-9-22-14-32(44)39-26(22)15-25(24)37/h5-6,9-13,15,18,21,28,33H,3-4,7-8,14,16-17,38H2,1-2H3,(H,39,44)/t21?,28?,33-/m1/s1. The lowest BCUT2D eigenvalue weighted by atomic mass is 10.00. The fourth-order valence-corrected chi connectivity index (χ4v) is 8.10. The van der Waals surface area contributed by atoms with Gasteiger partial charge in [-0.05, 0) is 85.0 Å². The van der Waals surface area contributed by atoms with Crippen molar-refractivity contribution in [3.05, 3.63) is 65.5 Å². The predicted molar refractivity (Wildman–Crippen MR) is 174 cm³/mol. The van der Waals surface area contributed by atoms with Gasteiger partial charge < -0.3 is 29.8 Å². The van der Waals surface area contributed by atoms with Gasteiger partial charge in [0.25, 0.3) is 5.91 Å². The Labute approximate surface area is 265 Å². The smallest absolute Gasteiger partial charge is 0.254 e. The van der Waals surface area contributed by atoms with Crippen molar-refractivity contribution in [2.75, 3.05) is 19.0 Å². The van der Waals surface area contributed by atoms with Gasteiger partial charge in [0.15, 0.2) is 5.82 Å². The quantitative estimate of drug-likeness (QED) is 0.262. The summed E-state index contributed by atoms with van der Waals surface area (Å²) >= 11 is 0. The molecule has 3 aromatic carbocycles. The summed E-state index contributed by atoms with van der Waals surface area (Å²) in [6.07, 6.45) is 4.63. The molecule has 0 spiro atoms. The van der Waals surface area contributed by atoms with Crippen LogP contribution in [0.25, 0.3) is 44.6 Å². The Morgan fingerprint density at radius 1 is 1.11 bits per heavy atom. The molecule has 3 atom stereocenters. The molecular weight excluding hydrogens is 583 g/mol. The second kappa shape index (κ2) is 9.90. The molecule has 4 aliphatic rings. The molecule has 234 valence electrons. The predicted octanol–water partition coefficient (Wildman–Crippen LogP) is 5.48. The number of aromatic nitrogens is 3. The number of amides is 2. The summed E-state index contributed by atoms with van der Waals surface area (Å²) in [5, 5.41) is 3.77. The van der Waals surface area contributed by atoms with Crippen molar-refractivity contribution in [3.63, 3.8) is 0 Å². The van der Waals surface area contributed by atoms with Crippen LogP contribution in [0.4, 0.5) is 10.1 Å². The van der Waals surface area contributed by atoms with Crippen molar-refractivity contribution < 1.29 is 18.7 Å². The number of nitrogens with two attached hydrogens (primary N) is 1. The van der Waals surface area contributed by atoms with Gasteiger partial charge in [0, 0.05) is 59.9 Å². The summed E-state index contributed by atoms with van der Waals surface area (Å²) in [5.74, 6) is 1.81. The number of hydrogen-bond acceptors (Lipinski definition) is 5. The second-order valence-corrected chi connectivity index (χ2v) is 13.6. The monoisotopic (exact) mass is 618 g/mol. The number of hydrogen-bond donors (Lipinski definition) is 2. The highest BCUT2D eigenvalue weighted by molar-refractivity contribution is 6.01. The van der Waals surface area contributed by atoms with E-state index in [2.05, 4.69) is 16.0 Å². The molecule has 4 heterocycles. The van der Waals surface area contributed by atoms with E-state index in [0.29, 0.717) is 46.5 Å². The van der Waals surface area contributed by atoms with Gasteiger partial charge in [0.2, 0.25) is 5.91 Å². The van der Waals surface area contributed by atoms with E-state index >= 15 is 4.39 Å². The number of rotatable bonds is 6. The zero-order valence-corrected chi connectivity index (χ0v) is 25.8. The van der Waals surface area contributed by atoms with E-state index in [4.69, 9.17) is 15.5 Å². The zero-order valence-electron chi connectivity index (χ0n) is 25.8. The van der Waals surface area contributed by atoms with Crippen molar-refractivity contribution in [2.45, 2.75) is 50.7 Å². The Balaban J connectivity index is 1.15. The number of carbonyl (C=O) groups is 2. The first kappa shape index (κ1) is 27.6. The van der Waals surface area contributed by atoms with Crippen LogP contribution in [-0.4, -0.2) is 56.6 Å². The van der Waals surface area contributed by atoms with E-state index in [9.17, 15) is 9.59 Å². The Morgan fingerprint density at radius 3 is 2.70 bits per heavy atom. The van der Waals surface area contributed by atoms with E-state index in [0.717, 1.165) is 58.5 Å². The summed E-state index contributed by atoms with van der Waals surface area (Å²) in [7, 11) is 3.60. The normalized spacial score (nSPS) is 21.9. The molecule has 2 saturated carbocycles. The lowest BCUT2D eigenvalue weighted by molar-refractivity contribution is -0.115. The van der Waals surface area contributed by atoms with Gasteiger partial charge in [-0.3, -0.25) is 9.59 Å². The molecule has 2 unspecified atom stereocenters. The molecule has 1 saturated heterocycles. The third-order valence-electron chi connectivity index (χ3n) is 10.7. The Hall–Kier alpha value is -4.70. The number of piperidine rings is 1. The van der Waals surface area contributed by atoms with Gasteiger partial charge in [0.1, 0.15) is 17.1 Å². The molecule has 2 aromatic heterocycles. The zero-order chi connectivity index (χ0) is 31.4. The number of likely N-dealkylation sites (tertiary alicyclic amines) is 1. The largest absolute Gasteiger partial charge is 0.494 e. The SMILES string of the molecule is COc1cc(C(=O)N2CC3CCC2[C@@H]3N)cc2nc(-c3cc4ccc(-c5cc6c(cc5F)NC(=O)C6)cc4n3CC3CC3)n(C)c12. The van der Waals surface area contributed by atoms with E-state index in [-0.39, 0.29) is 36.1 Å². The number of aryl methyl sites for hydroxylation is 1. The minimum atomic E-state index is -0.364. The fraction of sp³-hybridized carbons (Fsp3) is 0.361. The molecular formula is C36H35FN6O3. The Kier molecular flexibility index (Phi) is 5.94. The molecule has 2 aliphatic heterocycles. The van der Waals surface area contributed by atoms with Crippen LogP contribution in [0.3, 0.4) is 0 Å². The third kappa shape index (κ3) is 4.12. The van der Waals surface area contributed by atoms with Crippen LogP contribution in [0.1, 0.15) is 41.6 Å². The molecule has 3 fully saturated rings. The Morgan fingerprint density at radius 2 is 1.96 bits per heavy atom. The first-order chi connectivity index (χ1) is 22.3. The number of methoxy groups -OCH3 is 1. The van der Waals surface area contributed by atoms with Crippen molar-refractivity contribution >= 4 is 39.4 Å². The van der Waals surface area contributed by atoms with Crippen LogP contribution < -0.4 is 15.8 Å². The van der Waals surface area contributed by atoms with Crippen molar-refractivity contribution in [1.82, 2.24) is 19.0 Å². The minimum absolute atomic E-state index is 0.0237. The first-order valence-corrected chi connectivity index (χ1v) is 16.1. The van der Waals surface area contributed by atoms with Crippen LogP contribution in [0.5, 0.6) is 5.75 Å². The van der Waals surface area contributed by atoms with E-state index in [1.807, 2.05) is 46.8 Å². The summed E-state index contributed by atoms with van der Waals surface area (Å²) in [6, 6.07) is 15.2. The van der Waals surface area contributed by atoms with Crippen LogP contribution in [0.2, 0.25) is 0 Å². The van der Waals surface area contributed by atoms with Crippen LogP contribution in [0.15, 0.2) is 48.5 Å². The topological polar surface area (TPSA) is 107 Å². The minimum Gasteiger partial charge on any atom is -0.494 e. The summed E-state index contributed by atoms with van der Waals surface area (Å²) in [4.78, 5) is 32.7. The maximum Gasteiger partial charge on any atom is 0.254 e. The lowest BCUT2D eigenvalue weighted by Crippen LogP contribution is -2.41. The number of benzene rings is 3. The van der Waals surface area contributed by atoms with Gasteiger partial charge >= 0.3 is 0 Å². The van der Waals surface area contributed by atoms with E-state index in [1.54, 1.807) is 13.2 Å². The average Bonchev–Trinajstić information content (AvgIpc) is 3.24. The van der Waals surface area contributed by atoms with E-state index in [1.165, 1.54) is 18.9 Å². The Bertz CT molecular complexity index is 2130. The molecule has 5 aromatic rings. The highest BCUT2D eigenvalue weighted by atomic mass is 19.1. The molecule has 9 nitrogen and oxygen atoms in total. The average molecular weight is 619 g/mol. The number of nitrogens with one attached hydrogen (secondary N) is 1. The van der Waals surface area contributed by atoms with Crippen molar-refractivity contribution in [1.29, 1.82) is 0 Å². The highest BCUT2D eigenvalue weighted by Crippen LogP contribution is 2.41. The highest BCUT2D eigenvalue weighted by Gasteiger charge is 2.47. The molecule has 2 amide bonds. The van der Waals surface area contributed by atoms with Gasteiger partial charge in [0.05, 0.1) is 24.7 Å². The summed E-state index contributed by atoms with van der Waals surface area (Å²) < 4.78 is 25.5. The molecule has 0 radical (unpaired) electrons. The van der Waals surface area contributed by atoms with Gasteiger partial charge in [-0.15, -0.1) is 0 Å². The lowest BCUT2D eigenvalue weighted by Gasteiger charge is -2.27. The molecule has 46 heavy (non-hydrogen) atoms. The molecule has 2 bridgehead atoms. The van der Waals surface area contributed by atoms with Crippen molar-refractivity contribution in [3.8, 4) is 28.4 Å². The number of halogens is 1. The van der Waals surface area contributed by atoms with Crippen LogP contribution >= 0.6 is 0 Å². The van der Waals surface area contributed by atoms with Crippen molar-refractivity contribution in [2.24, 2.45) is 24.6 Å². The number of nitrogens with zero attached hydrogens (tertiary/aromatic N) is 4. The molecule has 2 aliphatic carbocycles. The number of fused-ring (bicyclic) bond motifs is 5. The summed E-state index contributed by atoms with van der Waals surface area (Å²) in [6.45, 7) is 1.53. The molecule has 9 rings (SSSR count). The fourth-order valence-electron chi connectivity index (χ4n) is 8.10. The number of anilines is 1. The van der Waals surface area contributed by atoms with Gasteiger partial charge in [-0.1, -0.05) is 12.1 Å².